The number of hydrogen-bond donors (Lipinski definition) is 2. The van der Waals surface area contributed by atoms with E-state index >= 15 is 0 Å². The molecule has 0 aliphatic rings. The normalized spacial score (nSPS) is 11.6. The maximum absolute atomic E-state index is 13.4. The average Bonchev–Trinajstić information content (AvgIpc) is 3.14. The van der Waals surface area contributed by atoms with Gasteiger partial charge in [0.25, 0.3) is 5.91 Å². The number of nitrogens with one attached hydrogen (secondary N) is 2. The van der Waals surface area contributed by atoms with Gasteiger partial charge in [-0.25, -0.2) is 4.98 Å². The number of pyridine rings is 1. The fourth-order valence-corrected chi connectivity index (χ4v) is 4.72. The molecular weight excluding hydrogens is 394 g/mol. The van der Waals surface area contributed by atoms with Crippen LogP contribution in [0.3, 0.4) is 0 Å². The van der Waals surface area contributed by atoms with Crippen LogP contribution in [0.4, 0.5) is 0 Å². The van der Waals surface area contributed by atoms with Gasteiger partial charge in [0.1, 0.15) is 5.65 Å². The number of amides is 1. The Labute approximate surface area is 190 Å². The molecule has 2 aromatic carbocycles. The number of carbonyl (C=O) groups is 1. The molecule has 2 N–H and O–H groups in total. The molecule has 0 fully saturated rings. The highest BCUT2D eigenvalue weighted by Gasteiger charge is 2.21. The van der Waals surface area contributed by atoms with E-state index < -0.39 is 0 Å². The summed E-state index contributed by atoms with van der Waals surface area (Å²) in [5.74, 6) is 0.00741. The molecule has 0 unspecified atom stereocenters. The first-order valence-corrected chi connectivity index (χ1v) is 11.7. The van der Waals surface area contributed by atoms with Gasteiger partial charge in [-0.15, -0.1) is 0 Å². The van der Waals surface area contributed by atoms with Gasteiger partial charge in [0.15, 0.2) is 0 Å². The second-order valence-electron chi connectivity index (χ2n) is 9.00. The third-order valence-electron chi connectivity index (χ3n) is 6.31. The molecule has 2 aromatic heterocycles. The molecule has 2 heterocycles. The summed E-state index contributed by atoms with van der Waals surface area (Å²) in [4.78, 5) is 21.6. The van der Waals surface area contributed by atoms with E-state index in [9.17, 15) is 4.79 Å². The number of fused-ring (bicyclic) bond motifs is 3. The molecule has 166 valence electrons. The molecule has 1 amide bonds. The van der Waals surface area contributed by atoms with Crippen molar-refractivity contribution < 1.29 is 4.79 Å². The first-order valence-electron chi connectivity index (χ1n) is 11.7. The zero-order chi connectivity index (χ0) is 22.8. The highest BCUT2D eigenvalue weighted by atomic mass is 16.1. The lowest BCUT2D eigenvalue weighted by Gasteiger charge is -2.19. The molecule has 32 heavy (non-hydrogen) atoms. The Kier molecular flexibility index (Phi) is 6.31. The molecule has 4 nitrogen and oxygen atoms in total. The minimum absolute atomic E-state index is 0.00741. The lowest BCUT2D eigenvalue weighted by atomic mass is 9.92. The van der Waals surface area contributed by atoms with E-state index in [2.05, 4.69) is 79.4 Å². The molecule has 0 aliphatic heterocycles. The number of rotatable bonds is 7. The van der Waals surface area contributed by atoms with Gasteiger partial charge in [0, 0.05) is 28.6 Å². The number of hydrogen-bond acceptors (Lipinski definition) is 2. The summed E-state index contributed by atoms with van der Waals surface area (Å²) < 4.78 is 0. The maximum Gasteiger partial charge on any atom is 0.251 e. The summed E-state index contributed by atoms with van der Waals surface area (Å²) in [5.41, 5.74) is 8.05. The largest absolute Gasteiger partial charge is 0.349 e. The van der Waals surface area contributed by atoms with Crippen molar-refractivity contribution in [1.82, 2.24) is 15.3 Å². The van der Waals surface area contributed by atoms with Gasteiger partial charge in [-0.05, 0) is 68.0 Å². The molecular formula is C28H33N3O. The van der Waals surface area contributed by atoms with Crippen molar-refractivity contribution in [2.75, 3.05) is 0 Å². The van der Waals surface area contributed by atoms with Crippen molar-refractivity contribution >= 4 is 27.8 Å². The number of nitrogens with zero attached hydrogens (tertiary/aromatic N) is 1. The summed E-state index contributed by atoms with van der Waals surface area (Å²) in [6.45, 7) is 10.5. The van der Waals surface area contributed by atoms with Gasteiger partial charge in [-0.2, -0.15) is 0 Å². The molecule has 0 spiro atoms. The predicted molar refractivity (Wildman–Crippen MR) is 134 cm³/mol. The quantitative estimate of drug-likeness (QED) is 0.333. The lowest BCUT2D eigenvalue weighted by Crippen LogP contribution is -2.35. The molecule has 4 aromatic rings. The zero-order valence-electron chi connectivity index (χ0n) is 19.8. The van der Waals surface area contributed by atoms with Crippen molar-refractivity contribution in [3.05, 3.63) is 64.8 Å². The van der Waals surface area contributed by atoms with Gasteiger partial charge in [0.2, 0.25) is 0 Å². The minimum atomic E-state index is 0.00741. The fraction of sp³-hybridized carbons (Fsp3) is 0.357. The molecule has 0 saturated heterocycles. The molecule has 0 aliphatic carbocycles. The number of aromatic nitrogens is 2. The Balaban J connectivity index is 1.94. The van der Waals surface area contributed by atoms with Gasteiger partial charge in [-0.1, -0.05) is 56.5 Å². The van der Waals surface area contributed by atoms with Crippen LogP contribution in [0.25, 0.3) is 33.1 Å². The van der Waals surface area contributed by atoms with E-state index in [1.54, 1.807) is 0 Å². The first-order chi connectivity index (χ1) is 15.4. The van der Waals surface area contributed by atoms with Gasteiger partial charge < -0.3 is 10.3 Å². The van der Waals surface area contributed by atoms with Crippen molar-refractivity contribution in [3.63, 3.8) is 0 Å². The molecule has 0 atom stereocenters. The smallest absolute Gasteiger partial charge is 0.251 e. The van der Waals surface area contributed by atoms with E-state index in [-0.39, 0.29) is 11.9 Å². The van der Waals surface area contributed by atoms with Crippen molar-refractivity contribution in [3.8, 4) is 11.1 Å². The van der Waals surface area contributed by atoms with Crippen LogP contribution in [0.2, 0.25) is 0 Å². The van der Waals surface area contributed by atoms with Crippen molar-refractivity contribution in [1.29, 1.82) is 0 Å². The van der Waals surface area contributed by atoms with Crippen LogP contribution in [0.5, 0.6) is 0 Å². The summed E-state index contributed by atoms with van der Waals surface area (Å²) >= 11 is 0. The van der Waals surface area contributed by atoms with Gasteiger partial charge >= 0.3 is 0 Å². The molecule has 0 saturated carbocycles. The van der Waals surface area contributed by atoms with Crippen molar-refractivity contribution in [2.45, 2.75) is 66.3 Å². The summed E-state index contributed by atoms with van der Waals surface area (Å²) in [6.07, 6.45) is 6.00. The van der Waals surface area contributed by atoms with Crippen LogP contribution in [-0.2, 0) is 0 Å². The number of benzene rings is 2. The standard InChI is InChI=1S/C28H33N3O/c1-6-9-21(10-7-2)30-28(32)22-15-23(20-12-8-11-17(3)13-20)25-24-14-18(4)16-29-27(24)31-26(25)19(22)5/h8,11-16,21H,6-7,9-10H2,1-5H3,(H,29,31)(H,30,32). The summed E-state index contributed by atoms with van der Waals surface area (Å²) in [5, 5.41) is 5.54. The number of aromatic amines is 1. The predicted octanol–water partition coefficient (Wildman–Crippen LogP) is 7.01. The zero-order valence-corrected chi connectivity index (χ0v) is 19.8. The maximum atomic E-state index is 13.4. The Bertz CT molecular complexity index is 1280. The topological polar surface area (TPSA) is 57.8 Å². The monoisotopic (exact) mass is 427 g/mol. The molecule has 4 rings (SSSR count). The molecule has 4 heteroatoms. The van der Waals surface area contributed by atoms with Gasteiger partial charge in [-0.3, -0.25) is 4.79 Å². The second kappa shape index (κ2) is 9.15. The third-order valence-corrected chi connectivity index (χ3v) is 6.31. The van der Waals surface area contributed by atoms with Crippen LogP contribution in [0.15, 0.2) is 42.6 Å². The Morgan fingerprint density at radius 2 is 1.78 bits per heavy atom. The van der Waals surface area contributed by atoms with Crippen LogP contribution < -0.4 is 5.32 Å². The van der Waals surface area contributed by atoms with Gasteiger partial charge in [0.05, 0.1) is 5.52 Å². The molecule has 0 bridgehead atoms. The van der Waals surface area contributed by atoms with Crippen LogP contribution >= 0.6 is 0 Å². The fourth-order valence-electron chi connectivity index (χ4n) is 4.72. The summed E-state index contributed by atoms with van der Waals surface area (Å²) in [6, 6.07) is 12.9. The number of carbonyl (C=O) groups excluding carboxylic acids is 1. The third kappa shape index (κ3) is 4.14. The minimum Gasteiger partial charge on any atom is -0.349 e. The van der Waals surface area contributed by atoms with Crippen LogP contribution in [-0.4, -0.2) is 21.9 Å². The number of aryl methyl sites for hydroxylation is 3. The first kappa shape index (κ1) is 22.1. The Hall–Kier alpha value is -3.14. The second-order valence-corrected chi connectivity index (χ2v) is 9.00. The average molecular weight is 428 g/mol. The Morgan fingerprint density at radius 3 is 2.47 bits per heavy atom. The molecule has 0 radical (unpaired) electrons. The highest BCUT2D eigenvalue weighted by molar-refractivity contribution is 6.17. The number of H-pyrrole nitrogens is 1. The van der Waals surface area contributed by atoms with Crippen LogP contribution in [0.1, 0.15) is 66.6 Å². The van der Waals surface area contributed by atoms with Crippen molar-refractivity contribution in [2.24, 2.45) is 0 Å². The summed E-state index contributed by atoms with van der Waals surface area (Å²) in [7, 11) is 0. The Morgan fingerprint density at radius 1 is 1.03 bits per heavy atom. The SMILES string of the molecule is CCCC(CCC)NC(=O)c1cc(-c2cccc(C)c2)c2c([nH]c3ncc(C)cc32)c1C. The van der Waals surface area contributed by atoms with E-state index in [1.165, 1.54) is 5.56 Å². The highest BCUT2D eigenvalue weighted by Crippen LogP contribution is 2.38. The van der Waals surface area contributed by atoms with E-state index in [1.807, 2.05) is 13.1 Å². The lowest BCUT2D eigenvalue weighted by molar-refractivity contribution is 0.0932. The van der Waals surface area contributed by atoms with E-state index in [0.29, 0.717) is 0 Å². The van der Waals surface area contributed by atoms with E-state index in [0.717, 1.165) is 75.4 Å². The van der Waals surface area contributed by atoms with E-state index in [4.69, 9.17) is 0 Å². The van der Waals surface area contributed by atoms with Crippen LogP contribution in [0, 0.1) is 20.8 Å².